The van der Waals surface area contributed by atoms with Gasteiger partial charge >= 0.3 is 6.09 Å². The topological polar surface area (TPSA) is 59.6 Å². The van der Waals surface area contributed by atoms with E-state index in [2.05, 4.69) is 16.7 Å². The molecule has 22 heavy (non-hydrogen) atoms. The zero-order valence-electron chi connectivity index (χ0n) is 14.1. The Morgan fingerprint density at radius 1 is 1.36 bits per heavy atom. The highest BCUT2D eigenvalue weighted by Gasteiger charge is 2.36. The summed E-state index contributed by atoms with van der Waals surface area (Å²) in [5.74, 6) is 0. The van der Waals surface area contributed by atoms with Crippen LogP contribution in [0, 0.1) is 6.92 Å². The van der Waals surface area contributed by atoms with E-state index in [0.29, 0.717) is 0 Å². The molecule has 0 spiro atoms. The van der Waals surface area contributed by atoms with Gasteiger partial charge in [-0.15, -0.1) is 0 Å². The summed E-state index contributed by atoms with van der Waals surface area (Å²) in [4.78, 5) is 11.8. The van der Waals surface area contributed by atoms with Crippen LogP contribution in [0.2, 0.25) is 0 Å². The van der Waals surface area contributed by atoms with Gasteiger partial charge in [-0.3, -0.25) is 5.32 Å². The Morgan fingerprint density at radius 3 is 2.50 bits per heavy atom. The second-order valence-electron chi connectivity index (χ2n) is 6.94. The fourth-order valence-corrected chi connectivity index (χ4v) is 2.51. The molecule has 0 saturated carbocycles. The number of aryl methyl sites for hydroxylation is 1. The molecule has 1 fully saturated rings. The van der Waals surface area contributed by atoms with Crippen LogP contribution in [0.1, 0.15) is 31.9 Å². The Balaban J connectivity index is 2.02. The van der Waals surface area contributed by atoms with Crippen molar-refractivity contribution >= 4 is 11.8 Å². The van der Waals surface area contributed by atoms with Crippen LogP contribution in [0.3, 0.4) is 0 Å². The second-order valence-corrected chi connectivity index (χ2v) is 6.94. The number of ether oxygens (including phenoxy) is 2. The summed E-state index contributed by atoms with van der Waals surface area (Å²) in [5.41, 5.74) is 2.40. The lowest BCUT2D eigenvalue weighted by atomic mass is 9.88. The Bertz CT molecular complexity index is 540. The maximum atomic E-state index is 11.8. The first-order valence-electron chi connectivity index (χ1n) is 7.58. The number of carbonyl (C=O) groups is 1. The number of amides is 1. The third-order valence-corrected chi connectivity index (χ3v) is 3.78. The third-order valence-electron chi connectivity index (χ3n) is 3.78. The number of hydrogen-bond donors (Lipinski definition) is 2. The molecule has 2 rings (SSSR count). The van der Waals surface area contributed by atoms with Crippen molar-refractivity contribution in [3.63, 3.8) is 0 Å². The van der Waals surface area contributed by atoms with Crippen molar-refractivity contribution in [3.05, 3.63) is 29.3 Å². The van der Waals surface area contributed by atoms with Crippen molar-refractivity contribution in [2.75, 3.05) is 25.5 Å². The Morgan fingerprint density at radius 2 is 2.05 bits per heavy atom. The van der Waals surface area contributed by atoms with Gasteiger partial charge in [-0.25, -0.2) is 4.79 Å². The number of benzene rings is 1. The zero-order chi connectivity index (χ0) is 16.4. The van der Waals surface area contributed by atoms with E-state index in [1.165, 1.54) is 5.56 Å². The average molecular weight is 306 g/mol. The Kier molecular flexibility index (Phi) is 4.78. The first kappa shape index (κ1) is 16.8. The molecule has 1 heterocycles. The van der Waals surface area contributed by atoms with Crippen molar-refractivity contribution in [2.24, 2.45) is 0 Å². The van der Waals surface area contributed by atoms with Crippen molar-refractivity contribution in [2.45, 2.75) is 45.3 Å². The highest BCUT2D eigenvalue weighted by Crippen LogP contribution is 2.25. The lowest BCUT2D eigenvalue weighted by Gasteiger charge is -2.41. The predicted octanol–water partition coefficient (Wildman–Crippen LogP) is 2.87. The summed E-state index contributed by atoms with van der Waals surface area (Å²) >= 11 is 0. The minimum atomic E-state index is -0.500. The molecule has 0 aliphatic carbocycles. The number of carbonyl (C=O) groups excluding carboxylic acids is 1. The lowest BCUT2D eigenvalue weighted by molar-refractivity contribution is -0.0502. The summed E-state index contributed by atoms with van der Waals surface area (Å²) < 4.78 is 10.9. The van der Waals surface area contributed by atoms with Crippen LogP contribution in [0.5, 0.6) is 0 Å². The zero-order valence-corrected chi connectivity index (χ0v) is 14.1. The quantitative estimate of drug-likeness (QED) is 0.898. The van der Waals surface area contributed by atoms with Gasteiger partial charge in [0.15, 0.2) is 0 Å². The first-order valence-corrected chi connectivity index (χ1v) is 7.58. The lowest BCUT2D eigenvalue weighted by Crippen LogP contribution is -2.61. The number of hydrogen-bond acceptors (Lipinski definition) is 4. The molecule has 0 unspecified atom stereocenters. The maximum Gasteiger partial charge on any atom is 0.412 e. The first-order chi connectivity index (χ1) is 10.2. The highest BCUT2D eigenvalue weighted by molar-refractivity contribution is 5.85. The van der Waals surface area contributed by atoms with Gasteiger partial charge in [0.2, 0.25) is 0 Å². The molecule has 1 aliphatic heterocycles. The predicted molar refractivity (Wildman–Crippen MR) is 87.3 cm³/mol. The van der Waals surface area contributed by atoms with Crippen molar-refractivity contribution in [3.8, 4) is 0 Å². The van der Waals surface area contributed by atoms with Crippen LogP contribution in [-0.4, -0.2) is 37.5 Å². The van der Waals surface area contributed by atoms with Crippen LogP contribution in [0.4, 0.5) is 10.5 Å². The molecular weight excluding hydrogens is 280 g/mol. The van der Waals surface area contributed by atoms with E-state index in [9.17, 15) is 4.79 Å². The van der Waals surface area contributed by atoms with E-state index in [-0.39, 0.29) is 5.60 Å². The van der Waals surface area contributed by atoms with E-state index in [1.807, 2.05) is 39.8 Å². The van der Waals surface area contributed by atoms with Crippen LogP contribution in [-0.2, 0) is 15.9 Å². The molecule has 2 N–H and O–H groups in total. The molecule has 1 aliphatic rings. The minimum absolute atomic E-state index is 0.0907. The van der Waals surface area contributed by atoms with E-state index in [1.54, 1.807) is 7.11 Å². The smallest absolute Gasteiger partial charge is 0.412 e. The normalized spacial score (nSPS) is 16.8. The molecule has 0 radical (unpaired) electrons. The molecule has 1 amide bonds. The van der Waals surface area contributed by atoms with Gasteiger partial charge in [0, 0.05) is 32.3 Å². The monoisotopic (exact) mass is 306 g/mol. The molecule has 122 valence electrons. The van der Waals surface area contributed by atoms with Crippen molar-refractivity contribution < 1.29 is 14.3 Å². The third kappa shape index (κ3) is 4.21. The minimum Gasteiger partial charge on any atom is -0.444 e. The van der Waals surface area contributed by atoms with Crippen LogP contribution in [0.15, 0.2) is 18.2 Å². The fourth-order valence-electron chi connectivity index (χ4n) is 2.51. The molecule has 1 aromatic carbocycles. The molecule has 1 aromatic rings. The summed E-state index contributed by atoms with van der Waals surface area (Å²) in [6.07, 6.45) is 0.434. The Hall–Kier alpha value is -1.59. The standard InChI is InChI=1S/C17H26N2O3/c1-12-8-13(9-17(21-5)10-18-11-17)6-7-14(12)19-15(20)22-16(2,3)4/h6-8,18H,9-11H2,1-5H3,(H,19,20). The van der Waals surface area contributed by atoms with Crippen LogP contribution < -0.4 is 10.6 Å². The molecule has 0 bridgehead atoms. The summed E-state index contributed by atoms with van der Waals surface area (Å²) in [7, 11) is 1.76. The number of anilines is 1. The molecule has 5 nitrogen and oxygen atoms in total. The van der Waals surface area contributed by atoms with E-state index < -0.39 is 11.7 Å². The molecular formula is C17H26N2O3. The number of rotatable bonds is 4. The van der Waals surface area contributed by atoms with Crippen molar-refractivity contribution in [1.82, 2.24) is 5.32 Å². The van der Waals surface area contributed by atoms with Crippen molar-refractivity contribution in [1.29, 1.82) is 0 Å². The van der Waals surface area contributed by atoms with E-state index >= 15 is 0 Å². The van der Waals surface area contributed by atoms with Gasteiger partial charge < -0.3 is 14.8 Å². The van der Waals surface area contributed by atoms with Crippen LogP contribution in [0.25, 0.3) is 0 Å². The number of nitrogens with one attached hydrogen (secondary N) is 2. The summed E-state index contributed by atoms with van der Waals surface area (Å²) in [6.45, 7) is 9.27. The maximum absolute atomic E-state index is 11.8. The molecule has 1 saturated heterocycles. The van der Waals surface area contributed by atoms with Gasteiger partial charge in [0.05, 0.1) is 5.60 Å². The van der Waals surface area contributed by atoms with Gasteiger partial charge in [-0.1, -0.05) is 12.1 Å². The molecule has 0 atom stereocenters. The van der Waals surface area contributed by atoms with Crippen LogP contribution >= 0.6 is 0 Å². The molecule has 5 heteroatoms. The van der Waals surface area contributed by atoms with Gasteiger partial charge in [-0.05, 0) is 44.9 Å². The largest absolute Gasteiger partial charge is 0.444 e. The van der Waals surface area contributed by atoms with Gasteiger partial charge in [0.25, 0.3) is 0 Å². The second kappa shape index (κ2) is 6.26. The van der Waals surface area contributed by atoms with Gasteiger partial charge in [-0.2, -0.15) is 0 Å². The average Bonchev–Trinajstić information content (AvgIpc) is 2.35. The SMILES string of the molecule is COC1(Cc2ccc(NC(=O)OC(C)(C)C)c(C)c2)CNC1. The van der Waals surface area contributed by atoms with Gasteiger partial charge in [0.1, 0.15) is 5.60 Å². The fraction of sp³-hybridized carbons (Fsp3) is 0.588. The molecule has 0 aromatic heterocycles. The number of methoxy groups -OCH3 is 1. The highest BCUT2D eigenvalue weighted by atomic mass is 16.6. The van der Waals surface area contributed by atoms with E-state index in [4.69, 9.17) is 9.47 Å². The summed E-state index contributed by atoms with van der Waals surface area (Å²) in [5, 5.41) is 6.04. The Labute approximate surface area is 132 Å². The summed E-state index contributed by atoms with van der Waals surface area (Å²) in [6, 6.07) is 6.04. The van der Waals surface area contributed by atoms with E-state index in [0.717, 1.165) is 30.8 Å².